The molecule has 24 atom stereocenters. The molecule has 64 heteroatoms. The lowest BCUT2D eigenvalue weighted by Crippen LogP contribution is -2.68. The van der Waals surface area contributed by atoms with E-state index in [-0.39, 0.29) is 0 Å². The van der Waals surface area contributed by atoms with Crippen LogP contribution in [-0.4, -0.2) is 346 Å². The van der Waals surface area contributed by atoms with E-state index in [1.165, 1.54) is 0 Å². The van der Waals surface area contributed by atoms with Gasteiger partial charge in [0.2, 0.25) is 0 Å². The van der Waals surface area contributed by atoms with Gasteiger partial charge < -0.3 is 81.6 Å². The van der Waals surface area contributed by atoms with E-state index in [1.54, 1.807) is 0 Å². The number of ether oxygens (including phenoxy) is 14. The number of carboxylic acids is 2. The maximum Gasteiger partial charge on any atom is 0.397 e. The second-order valence-electron chi connectivity index (χ2n) is 19.4. The van der Waals surface area contributed by atoms with Crippen LogP contribution >= 0.6 is 12.3 Å². The van der Waals surface area contributed by atoms with E-state index in [0.29, 0.717) is 21.3 Å². The highest BCUT2D eigenvalue weighted by Crippen LogP contribution is 2.41. The lowest BCUT2D eigenvalue weighted by atomic mass is 9.95. The van der Waals surface area contributed by atoms with Crippen LogP contribution in [0.5, 0.6) is 0 Å². The monoisotopic (exact) mass is 1660 g/mol. The minimum Gasteiger partial charge on any atom is -0.481 e. The number of methoxy groups -OCH3 is 6. The molecular weight excluding hydrogens is 1600 g/mol. The molecule has 4 fully saturated rings. The summed E-state index contributed by atoms with van der Waals surface area (Å²) in [4.78, 5) is 26.1. The molecule has 0 aromatic carbocycles. The lowest BCUT2D eigenvalue weighted by Gasteiger charge is -2.50. The molecule has 4 rings (SSSR count). The third kappa shape index (κ3) is 28.3. The van der Waals surface area contributed by atoms with Gasteiger partial charge in [-0.15, -0.1) is 4.33 Å². The third-order valence-electron chi connectivity index (χ3n) is 13.2. The van der Waals surface area contributed by atoms with Gasteiger partial charge in [-0.25, -0.2) is 43.5 Å². The molecule has 0 amide bonds. The average molecular weight is 1660 g/mol. The van der Waals surface area contributed by atoms with Crippen molar-refractivity contribution in [2.45, 2.75) is 154 Å². The molecule has 4 aliphatic rings. The Morgan fingerprint density at radius 3 is 1.22 bits per heavy atom. The van der Waals surface area contributed by atoms with Crippen molar-refractivity contribution in [3.63, 3.8) is 0 Å². The average Bonchev–Trinajstić information content (AvgIpc) is 0.762. The second-order valence-corrected chi connectivity index (χ2v) is 28.4. The van der Waals surface area contributed by atoms with Crippen molar-refractivity contribution in [3.8, 4) is 0 Å². The summed E-state index contributed by atoms with van der Waals surface area (Å²) in [6.45, 7) is -4.80. The molecule has 4 saturated heterocycles. The van der Waals surface area contributed by atoms with Gasteiger partial charge >= 0.3 is 95.1 Å². The quantitative estimate of drug-likeness (QED) is 0.00674. The standard InChI is InChI=1S/C36H62O55S9/c1-67-16(26(86-97(55,56)57)32(41)80-18-13(9-74-94(46,47)48)77-33(72-6)28(21(18)70-4)87-98(58,59)60)11(7-15(37)38)76-35-30(89-100(64,65)66)24(85-96(52,53)54)19(14(79-35)10-75-95(49,50)51)81-34-27(84-92-91-90-42)22(71-5)23(25(83-34)31(39)40)82-36-29(88-99(61,62)63)20(69-3)17(68-2)12(78-36)8-73-93(43,44)45/h11-14,16-30,32-36,41-42H,7-10H2,1-6H3,(H,37,38)(H,39,40)(H,43,44,45)(H,46,47,48)(H,49,50,51)(H,52,53,54)(H,55,56,57)(H,58,59,60)(H,61,62,63)(H,64,65,66)/t11-,12+,13+,14?,16+,17+,18+,19-,20?,21?,22?,23-,24-,25-,26?,27?,28?,29?,30?,32-,33-,34-,35+,36+/m0/s1. The highest BCUT2D eigenvalue weighted by Gasteiger charge is 2.61. The Morgan fingerprint density at radius 1 is 0.420 bits per heavy atom. The smallest absolute Gasteiger partial charge is 0.397 e. The first kappa shape index (κ1) is 89.9. The topological polar surface area (TPSA) is 781 Å². The van der Waals surface area contributed by atoms with Crippen LogP contribution in [0.3, 0.4) is 0 Å². The van der Waals surface area contributed by atoms with Crippen molar-refractivity contribution in [1.82, 2.24) is 0 Å². The van der Waals surface area contributed by atoms with E-state index in [1.807, 2.05) is 0 Å². The number of hydrogen-bond acceptors (Lipinski definition) is 46. The third-order valence-corrected chi connectivity index (χ3v) is 17.2. The summed E-state index contributed by atoms with van der Waals surface area (Å²) in [6.07, 6.45) is -66.3. The molecule has 0 saturated carbocycles. The van der Waals surface area contributed by atoms with Crippen LogP contribution in [0.2, 0.25) is 0 Å². The summed E-state index contributed by atoms with van der Waals surface area (Å²) in [5, 5.41) is 45.1. The highest BCUT2D eigenvalue weighted by atomic mass is 32.3. The van der Waals surface area contributed by atoms with Crippen LogP contribution in [0.1, 0.15) is 6.42 Å². The number of carboxylic acid groups (broad SMARTS) is 2. The predicted octanol–water partition coefficient (Wildman–Crippen LogP) is -8.21. The van der Waals surface area contributed by atoms with Gasteiger partial charge in [0.15, 0.2) is 80.4 Å². The van der Waals surface area contributed by atoms with Crippen molar-refractivity contribution < 1.29 is 247 Å². The SMILES string of the molecule is COC1C(OSOOO)[C@@H](O[C@H]2C(COS(=O)(=O)O)O[C@@H](O[C@@H](CC(=O)O)[C@@H](OC)C(OS(=O)(=O)O)[C@@H](O)O[C@H]3C(OC)C(OS(=O)(=O)O)[C@@H](OC)O[C@@H]3COS(=O)(=O)O)C(OS(=O)(=O)O)[C@H]2OS(=O)(=O)O)O[C@H](C(=O)O)[C@H]1O[C@H]1O[C@H](COS(=O)(=O)O)[C@@H](OC)C(OC)C1OS(=O)(=O)O. The Balaban J connectivity index is 1.99. The van der Waals surface area contributed by atoms with Crippen molar-refractivity contribution in [3.05, 3.63) is 0 Å². The number of rotatable bonds is 43. The van der Waals surface area contributed by atoms with Gasteiger partial charge in [0.1, 0.15) is 79.4 Å². The van der Waals surface area contributed by atoms with Crippen LogP contribution in [-0.2, 0) is 206 Å². The Kier molecular flexibility index (Phi) is 33.6. The van der Waals surface area contributed by atoms with Crippen LogP contribution in [0.15, 0.2) is 0 Å². The summed E-state index contributed by atoms with van der Waals surface area (Å²) < 4.78 is 396. The molecule has 4 aliphatic heterocycles. The maximum atomic E-state index is 13.3. The second kappa shape index (κ2) is 37.3. The normalized spacial score (nSPS) is 32.9. The first-order chi connectivity index (χ1) is 45.8. The Labute approximate surface area is 568 Å². The van der Waals surface area contributed by atoms with Gasteiger partial charge in [-0.3, -0.25) is 45.4 Å². The molecule has 0 aliphatic carbocycles. The van der Waals surface area contributed by atoms with Crippen molar-refractivity contribution in [2.24, 2.45) is 0 Å². The number of hydrogen-bond donors (Lipinski definition) is 12. The molecule has 9 unspecified atom stereocenters. The molecule has 12 N–H and O–H groups in total. The van der Waals surface area contributed by atoms with E-state index in [0.717, 1.165) is 21.3 Å². The van der Waals surface area contributed by atoms with Crippen LogP contribution in [0.25, 0.3) is 0 Å². The number of aliphatic hydroxyl groups is 1. The maximum absolute atomic E-state index is 13.3. The summed E-state index contributed by atoms with van der Waals surface area (Å²) in [5.74, 6) is -4.52. The predicted molar refractivity (Wildman–Crippen MR) is 293 cm³/mol. The Bertz CT molecular complexity index is 3600. The summed E-state index contributed by atoms with van der Waals surface area (Å²) in [6, 6.07) is 0. The van der Waals surface area contributed by atoms with E-state index < -0.39 is 281 Å². The lowest BCUT2D eigenvalue weighted by molar-refractivity contribution is -0.435. The Hall–Kier alpha value is -2.51. The van der Waals surface area contributed by atoms with Crippen LogP contribution < -0.4 is 0 Å². The summed E-state index contributed by atoms with van der Waals surface area (Å²) >= 11 is -0.548. The zero-order valence-corrected chi connectivity index (χ0v) is 57.6. The van der Waals surface area contributed by atoms with Gasteiger partial charge in [0.25, 0.3) is 0 Å². The van der Waals surface area contributed by atoms with E-state index in [4.69, 9.17) is 79.9 Å². The van der Waals surface area contributed by atoms with Gasteiger partial charge in [-0.1, -0.05) is 5.04 Å². The van der Waals surface area contributed by atoms with E-state index in [2.05, 4.69) is 38.7 Å². The summed E-state index contributed by atoms with van der Waals surface area (Å²) in [5.41, 5.74) is 0. The Morgan fingerprint density at radius 2 is 0.810 bits per heavy atom. The fraction of sp³-hybridized carbons (Fsp3) is 0.944. The van der Waals surface area contributed by atoms with Gasteiger partial charge in [0, 0.05) is 42.7 Å². The largest absolute Gasteiger partial charge is 0.481 e. The van der Waals surface area contributed by atoms with Gasteiger partial charge in [-0.05, 0) is 0 Å². The zero-order valence-electron chi connectivity index (χ0n) is 50.3. The molecule has 0 aromatic rings. The van der Waals surface area contributed by atoms with Crippen molar-refractivity contribution in [2.75, 3.05) is 62.5 Å². The molecule has 55 nitrogen and oxygen atoms in total. The molecule has 0 aromatic heterocycles. The number of carbonyl (C=O) groups is 2. The minimum absolute atomic E-state index is 0.427. The van der Waals surface area contributed by atoms with E-state index in [9.17, 15) is 129 Å². The fourth-order valence-corrected chi connectivity index (χ4v) is 13.5. The molecule has 590 valence electrons. The molecule has 4 heterocycles. The van der Waals surface area contributed by atoms with Crippen LogP contribution in [0, 0.1) is 0 Å². The number of aliphatic hydroxyl groups excluding tert-OH is 1. The first-order valence-electron chi connectivity index (χ1n) is 25.8. The molecule has 0 radical (unpaired) electrons. The van der Waals surface area contributed by atoms with Crippen molar-refractivity contribution >= 4 is 107 Å². The zero-order chi connectivity index (χ0) is 76.2. The minimum atomic E-state index is -6.41. The number of aliphatic carboxylic acids is 2. The van der Waals surface area contributed by atoms with Gasteiger partial charge in [-0.2, -0.15) is 67.3 Å². The van der Waals surface area contributed by atoms with Crippen molar-refractivity contribution in [1.29, 1.82) is 0 Å². The molecular formula is C36H62O55S9. The van der Waals surface area contributed by atoms with Gasteiger partial charge in [0.05, 0.1) is 26.2 Å². The molecule has 0 spiro atoms. The highest BCUT2D eigenvalue weighted by molar-refractivity contribution is 7.89. The molecule has 0 bridgehead atoms. The summed E-state index contributed by atoms with van der Waals surface area (Å²) in [7, 11) is -43.1. The fourth-order valence-electron chi connectivity index (χ4n) is 9.79. The molecule has 100 heavy (non-hydrogen) atoms. The van der Waals surface area contributed by atoms with Crippen LogP contribution in [0.4, 0.5) is 0 Å². The first-order valence-corrected chi connectivity index (χ1v) is 37.4. The van der Waals surface area contributed by atoms with E-state index >= 15 is 0 Å².